The maximum atomic E-state index is 12.5. The predicted molar refractivity (Wildman–Crippen MR) is 115 cm³/mol. The first kappa shape index (κ1) is 21.7. The summed E-state index contributed by atoms with van der Waals surface area (Å²) in [5.41, 5.74) is 2.04. The fourth-order valence-electron chi connectivity index (χ4n) is 3.71. The van der Waals surface area contributed by atoms with Gasteiger partial charge in [0, 0.05) is 35.9 Å². The predicted octanol–water partition coefficient (Wildman–Crippen LogP) is 2.06. The molecule has 0 radical (unpaired) electrons. The van der Waals surface area contributed by atoms with Gasteiger partial charge in [-0.15, -0.1) is 0 Å². The Bertz CT molecular complexity index is 1090. The van der Waals surface area contributed by atoms with Crippen molar-refractivity contribution >= 4 is 11.7 Å². The molecule has 0 spiro atoms. The number of ether oxygens (including phenoxy) is 1. The zero-order chi connectivity index (χ0) is 22.7. The number of carbonyl (C=O) groups excluding carboxylic acids is 1. The largest absolute Gasteiger partial charge is 0.477 e. The summed E-state index contributed by atoms with van der Waals surface area (Å²) in [4.78, 5) is 20.9. The van der Waals surface area contributed by atoms with E-state index in [0.29, 0.717) is 35.3 Å². The van der Waals surface area contributed by atoms with Gasteiger partial charge in [0.05, 0.1) is 18.8 Å². The van der Waals surface area contributed by atoms with Crippen LogP contribution in [0, 0.1) is 19.8 Å². The van der Waals surface area contributed by atoms with Crippen molar-refractivity contribution in [1.82, 2.24) is 20.4 Å². The van der Waals surface area contributed by atoms with Crippen LogP contribution in [0.25, 0.3) is 11.4 Å². The van der Waals surface area contributed by atoms with Gasteiger partial charge in [0.15, 0.2) is 0 Å². The number of nitrogens with one attached hydrogen (secondary N) is 2. The minimum Gasteiger partial charge on any atom is -0.477 e. The summed E-state index contributed by atoms with van der Waals surface area (Å²) in [5.74, 6) is 0.980. The Labute approximate surface area is 184 Å². The van der Waals surface area contributed by atoms with Gasteiger partial charge in [-0.25, -0.2) is 9.78 Å². The molecule has 168 valence electrons. The average Bonchev–Trinajstić information content (AvgIpc) is 3.31. The van der Waals surface area contributed by atoms with E-state index in [-0.39, 0.29) is 12.5 Å². The molecule has 10 nitrogen and oxygen atoms in total. The number of carbonyl (C=O) groups is 1. The monoisotopic (exact) mass is 439 g/mol. The van der Waals surface area contributed by atoms with Crippen LogP contribution in [-0.2, 0) is 0 Å². The summed E-state index contributed by atoms with van der Waals surface area (Å²) in [5, 5.41) is 30.1. The Morgan fingerprint density at radius 2 is 1.97 bits per heavy atom. The molecule has 0 aliphatic heterocycles. The lowest BCUT2D eigenvalue weighted by molar-refractivity contribution is 0.00308. The number of aromatic nitrogens is 3. The lowest BCUT2D eigenvalue weighted by Gasteiger charge is -2.18. The van der Waals surface area contributed by atoms with Gasteiger partial charge in [0.2, 0.25) is 17.6 Å². The van der Waals surface area contributed by atoms with Gasteiger partial charge in [-0.1, -0.05) is 23.4 Å². The molecule has 2 amide bonds. The molecular weight excluding hydrogens is 414 g/mol. The minimum absolute atomic E-state index is 0.181. The van der Waals surface area contributed by atoms with Crippen LogP contribution in [0.1, 0.15) is 18.0 Å². The van der Waals surface area contributed by atoms with Crippen molar-refractivity contribution in [2.24, 2.45) is 5.92 Å². The second-order valence-electron chi connectivity index (χ2n) is 7.83. The van der Waals surface area contributed by atoms with E-state index in [4.69, 9.17) is 9.26 Å². The third-order valence-corrected chi connectivity index (χ3v) is 5.33. The van der Waals surface area contributed by atoms with Crippen LogP contribution in [0.15, 0.2) is 47.0 Å². The van der Waals surface area contributed by atoms with Crippen molar-refractivity contribution in [3.63, 3.8) is 0 Å². The molecule has 0 bridgehead atoms. The fourth-order valence-corrected chi connectivity index (χ4v) is 3.71. The van der Waals surface area contributed by atoms with Crippen molar-refractivity contribution < 1.29 is 24.3 Å². The number of urea groups is 1. The van der Waals surface area contributed by atoms with E-state index in [1.165, 1.54) is 0 Å². The van der Waals surface area contributed by atoms with Crippen LogP contribution in [0.4, 0.5) is 10.5 Å². The Morgan fingerprint density at radius 3 is 2.72 bits per heavy atom. The van der Waals surface area contributed by atoms with Crippen molar-refractivity contribution in [2.45, 2.75) is 38.5 Å². The molecule has 2 aromatic heterocycles. The topological polar surface area (TPSA) is 143 Å². The number of aliphatic hydroxyl groups excluding tert-OH is 2. The number of aliphatic hydroxyl groups is 2. The molecule has 2 heterocycles. The highest BCUT2D eigenvalue weighted by atomic mass is 16.5. The molecule has 4 rings (SSSR count). The van der Waals surface area contributed by atoms with Crippen LogP contribution < -0.4 is 15.4 Å². The molecule has 4 N–H and O–H groups in total. The molecule has 3 aromatic rings. The van der Waals surface area contributed by atoms with Crippen molar-refractivity contribution in [2.75, 3.05) is 11.9 Å². The van der Waals surface area contributed by atoms with Gasteiger partial charge < -0.3 is 30.1 Å². The number of aryl methyl sites for hydroxylation is 2. The standard InChI is InChI=1S/C22H25N5O5/c1-12-5-3-8-18(23-12)31-11-15-10-17(20(29)19(15)28)26-22(30)25-16-7-4-6-14(9-16)21-24-13(2)32-27-21/h3-9,15,17,19-20,28-29H,10-11H2,1-2H3,(H2,25,26,30)/t15-,17-,19-,20+/m1/s1. The summed E-state index contributed by atoms with van der Waals surface area (Å²) in [7, 11) is 0. The van der Waals surface area contributed by atoms with Gasteiger partial charge in [-0.3, -0.25) is 0 Å². The molecule has 0 unspecified atom stereocenters. The first-order valence-electron chi connectivity index (χ1n) is 10.3. The van der Waals surface area contributed by atoms with Gasteiger partial charge in [-0.05, 0) is 31.5 Å². The lowest BCUT2D eigenvalue weighted by atomic mass is 10.1. The number of benzene rings is 1. The van der Waals surface area contributed by atoms with E-state index in [0.717, 1.165) is 5.69 Å². The maximum Gasteiger partial charge on any atom is 0.319 e. The molecule has 1 saturated carbocycles. The quantitative estimate of drug-likeness (QED) is 0.457. The molecule has 1 aliphatic carbocycles. The van der Waals surface area contributed by atoms with Crippen LogP contribution in [0.5, 0.6) is 5.88 Å². The van der Waals surface area contributed by atoms with E-state index in [9.17, 15) is 15.0 Å². The molecule has 1 aliphatic rings. The lowest BCUT2D eigenvalue weighted by Crippen LogP contribution is -2.44. The summed E-state index contributed by atoms with van der Waals surface area (Å²) >= 11 is 0. The van der Waals surface area contributed by atoms with Crippen LogP contribution in [0.3, 0.4) is 0 Å². The molecule has 0 saturated heterocycles. The number of pyridine rings is 1. The molecule has 10 heteroatoms. The average molecular weight is 439 g/mol. The van der Waals surface area contributed by atoms with Crippen LogP contribution in [0.2, 0.25) is 0 Å². The SMILES string of the molecule is Cc1cccc(OC[C@H]2C[C@@H](NC(=O)Nc3cccc(-c4noc(C)n4)c3)[C@H](O)[C@@H]2O)n1. The second-order valence-corrected chi connectivity index (χ2v) is 7.83. The first-order chi connectivity index (χ1) is 15.4. The van der Waals surface area contributed by atoms with Crippen molar-refractivity contribution in [3.05, 3.63) is 54.0 Å². The molecule has 1 fully saturated rings. The summed E-state index contributed by atoms with van der Waals surface area (Å²) in [6, 6.07) is 11.3. The highest BCUT2D eigenvalue weighted by molar-refractivity contribution is 5.90. The second kappa shape index (κ2) is 9.33. The van der Waals surface area contributed by atoms with Crippen LogP contribution in [-0.4, -0.2) is 56.2 Å². The third-order valence-electron chi connectivity index (χ3n) is 5.33. The Morgan fingerprint density at radius 1 is 1.16 bits per heavy atom. The van der Waals surface area contributed by atoms with E-state index in [2.05, 4.69) is 25.8 Å². The van der Waals surface area contributed by atoms with Gasteiger partial charge >= 0.3 is 6.03 Å². The number of hydrogen-bond acceptors (Lipinski definition) is 8. The smallest absolute Gasteiger partial charge is 0.319 e. The van der Waals surface area contributed by atoms with Gasteiger partial charge in [0.25, 0.3) is 0 Å². The molecule has 1 aromatic carbocycles. The Kier molecular flexibility index (Phi) is 6.33. The Hall–Kier alpha value is -3.50. The highest BCUT2D eigenvalue weighted by Gasteiger charge is 2.42. The summed E-state index contributed by atoms with van der Waals surface area (Å²) in [6.07, 6.45) is -1.76. The van der Waals surface area contributed by atoms with E-state index in [1.807, 2.05) is 19.1 Å². The normalized spacial score (nSPS) is 22.5. The summed E-state index contributed by atoms with van der Waals surface area (Å²) < 4.78 is 10.7. The number of anilines is 1. The van der Waals surface area contributed by atoms with Gasteiger partial charge in [-0.2, -0.15) is 4.98 Å². The van der Waals surface area contributed by atoms with Crippen molar-refractivity contribution in [1.29, 1.82) is 0 Å². The van der Waals surface area contributed by atoms with Gasteiger partial charge in [0.1, 0.15) is 6.10 Å². The number of amides is 2. The number of hydrogen-bond donors (Lipinski definition) is 4. The minimum atomic E-state index is -1.10. The zero-order valence-corrected chi connectivity index (χ0v) is 17.7. The molecule has 4 atom stereocenters. The molecular formula is C22H25N5O5. The maximum absolute atomic E-state index is 12.5. The fraction of sp³-hybridized carbons (Fsp3) is 0.364. The number of nitrogens with zero attached hydrogens (tertiary/aromatic N) is 3. The summed E-state index contributed by atoms with van der Waals surface area (Å²) in [6.45, 7) is 3.74. The van der Waals surface area contributed by atoms with E-state index < -0.39 is 24.3 Å². The van der Waals surface area contributed by atoms with E-state index >= 15 is 0 Å². The molecule has 32 heavy (non-hydrogen) atoms. The number of rotatable bonds is 6. The third kappa shape index (κ3) is 5.04. The first-order valence-corrected chi connectivity index (χ1v) is 10.3. The van der Waals surface area contributed by atoms with Crippen LogP contribution >= 0.6 is 0 Å². The highest BCUT2D eigenvalue weighted by Crippen LogP contribution is 2.28. The van der Waals surface area contributed by atoms with E-state index in [1.54, 1.807) is 37.3 Å². The van der Waals surface area contributed by atoms with Crippen molar-refractivity contribution in [3.8, 4) is 17.3 Å². The zero-order valence-electron chi connectivity index (χ0n) is 17.7. The Balaban J connectivity index is 1.33.